The molecule has 0 saturated heterocycles. The highest BCUT2D eigenvalue weighted by Crippen LogP contribution is 2.19. The molecular formula is C8H5BrN2O2. The van der Waals surface area contributed by atoms with Gasteiger partial charge in [-0.2, -0.15) is 8.81 Å². The number of rotatable bonds is 1. The van der Waals surface area contributed by atoms with Crippen LogP contribution in [0.5, 0.6) is 0 Å². The molecule has 0 fully saturated rings. The maximum Gasteiger partial charge on any atom is 0.337 e. The Hall–Kier alpha value is -1.36. The second-order valence-corrected chi connectivity index (χ2v) is 3.23. The number of carbonyl (C=O) groups is 1. The van der Waals surface area contributed by atoms with E-state index in [9.17, 15) is 4.79 Å². The van der Waals surface area contributed by atoms with Crippen molar-refractivity contribution in [1.82, 2.24) is 8.81 Å². The Kier molecular flexibility index (Phi) is 1.81. The minimum atomic E-state index is -0.952. The molecule has 0 aliphatic heterocycles. The highest BCUT2D eigenvalue weighted by Gasteiger charge is 2.11. The Morgan fingerprint density at radius 3 is 3.00 bits per heavy atom. The van der Waals surface area contributed by atoms with E-state index in [2.05, 4.69) is 21.2 Å². The fraction of sp³-hybridized carbons (Fsp3) is 0. The number of hydrogen-bond acceptors (Lipinski definition) is 2. The SMILES string of the molecule is O=C(O)c1cccc2cnn(Br)c12. The first kappa shape index (κ1) is 8.25. The summed E-state index contributed by atoms with van der Waals surface area (Å²) in [5, 5.41) is 13.6. The van der Waals surface area contributed by atoms with Crippen LogP contribution in [0.2, 0.25) is 0 Å². The molecule has 66 valence electrons. The van der Waals surface area contributed by atoms with E-state index < -0.39 is 5.97 Å². The van der Waals surface area contributed by atoms with Crippen LogP contribution < -0.4 is 0 Å². The van der Waals surface area contributed by atoms with E-state index in [0.29, 0.717) is 5.52 Å². The lowest BCUT2D eigenvalue weighted by molar-refractivity contribution is 0.0699. The maximum atomic E-state index is 10.8. The van der Waals surface area contributed by atoms with E-state index in [4.69, 9.17) is 5.11 Å². The van der Waals surface area contributed by atoms with Gasteiger partial charge in [-0.1, -0.05) is 12.1 Å². The van der Waals surface area contributed by atoms with Crippen LogP contribution in [0.3, 0.4) is 0 Å². The highest BCUT2D eigenvalue weighted by atomic mass is 79.9. The van der Waals surface area contributed by atoms with Gasteiger partial charge in [0.15, 0.2) is 0 Å². The molecule has 5 heteroatoms. The summed E-state index contributed by atoms with van der Waals surface area (Å²) in [7, 11) is 0. The van der Waals surface area contributed by atoms with E-state index in [1.807, 2.05) is 6.07 Å². The van der Waals surface area contributed by atoms with Crippen molar-refractivity contribution in [2.45, 2.75) is 0 Å². The van der Waals surface area contributed by atoms with Crippen LogP contribution in [0.1, 0.15) is 10.4 Å². The van der Waals surface area contributed by atoms with Crippen molar-refractivity contribution >= 4 is 33.0 Å². The maximum absolute atomic E-state index is 10.8. The molecule has 0 aliphatic carbocycles. The Bertz CT molecular complexity index is 478. The first-order valence-electron chi connectivity index (χ1n) is 3.56. The van der Waals surface area contributed by atoms with Gasteiger partial charge in [0, 0.05) is 5.39 Å². The average molecular weight is 241 g/mol. The van der Waals surface area contributed by atoms with Crippen molar-refractivity contribution in [3.05, 3.63) is 30.0 Å². The largest absolute Gasteiger partial charge is 0.478 e. The van der Waals surface area contributed by atoms with Gasteiger partial charge in [-0.25, -0.2) is 4.79 Å². The second-order valence-electron chi connectivity index (χ2n) is 2.55. The molecule has 0 amide bonds. The molecular weight excluding hydrogens is 236 g/mol. The van der Waals surface area contributed by atoms with Crippen molar-refractivity contribution < 1.29 is 9.90 Å². The van der Waals surface area contributed by atoms with Crippen molar-refractivity contribution in [3.63, 3.8) is 0 Å². The quantitative estimate of drug-likeness (QED) is 0.829. The zero-order valence-corrected chi connectivity index (χ0v) is 8.02. The highest BCUT2D eigenvalue weighted by molar-refractivity contribution is 9.08. The fourth-order valence-electron chi connectivity index (χ4n) is 1.21. The number of benzene rings is 1. The van der Waals surface area contributed by atoms with Crippen LogP contribution in [0.4, 0.5) is 0 Å². The third-order valence-corrected chi connectivity index (χ3v) is 2.32. The minimum absolute atomic E-state index is 0.242. The van der Waals surface area contributed by atoms with Gasteiger partial charge in [-0.3, -0.25) is 0 Å². The number of para-hydroxylation sites is 1. The molecule has 2 aromatic rings. The zero-order chi connectivity index (χ0) is 9.42. The third-order valence-electron chi connectivity index (χ3n) is 1.78. The molecule has 0 radical (unpaired) electrons. The molecule has 1 aromatic carbocycles. The standard InChI is InChI=1S/C8H5BrN2O2/c9-11-7-5(4-10-11)2-1-3-6(7)8(12)13/h1-4H,(H,12,13). The van der Waals surface area contributed by atoms with Gasteiger partial charge < -0.3 is 5.11 Å². The number of aromatic nitrogens is 2. The van der Waals surface area contributed by atoms with E-state index in [1.165, 1.54) is 3.71 Å². The molecule has 1 heterocycles. The van der Waals surface area contributed by atoms with E-state index in [-0.39, 0.29) is 5.56 Å². The normalized spacial score (nSPS) is 10.5. The summed E-state index contributed by atoms with van der Waals surface area (Å²) in [6.07, 6.45) is 1.61. The predicted octanol–water partition coefficient (Wildman–Crippen LogP) is 1.89. The number of halogens is 1. The Morgan fingerprint density at radius 2 is 2.31 bits per heavy atom. The summed E-state index contributed by atoms with van der Waals surface area (Å²) >= 11 is 3.13. The molecule has 13 heavy (non-hydrogen) atoms. The predicted molar refractivity (Wildman–Crippen MR) is 51.0 cm³/mol. The summed E-state index contributed by atoms with van der Waals surface area (Å²) < 4.78 is 1.38. The summed E-state index contributed by atoms with van der Waals surface area (Å²) in [6.45, 7) is 0. The molecule has 4 nitrogen and oxygen atoms in total. The Morgan fingerprint density at radius 1 is 1.54 bits per heavy atom. The van der Waals surface area contributed by atoms with Gasteiger partial charge in [-0.05, 0) is 6.07 Å². The summed E-state index contributed by atoms with van der Waals surface area (Å²) in [6, 6.07) is 5.05. The van der Waals surface area contributed by atoms with Crippen molar-refractivity contribution in [2.24, 2.45) is 0 Å². The lowest BCUT2D eigenvalue weighted by Crippen LogP contribution is -1.98. The molecule has 0 bridgehead atoms. The lowest BCUT2D eigenvalue weighted by atomic mass is 10.1. The smallest absolute Gasteiger partial charge is 0.337 e. The number of fused-ring (bicyclic) bond motifs is 1. The van der Waals surface area contributed by atoms with Gasteiger partial charge >= 0.3 is 5.97 Å². The number of carboxylic acids is 1. The fourth-order valence-corrected chi connectivity index (χ4v) is 1.70. The van der Waals surface area contributed by atoms with Gasteiger partial charge in [0.2, 0.25) is 0 Å². The van der Waals surface area contributed by atoms with Crippen molar-refractivity contribution in [1.29, 1.82) is 0 Å². The van der Waals surface area contributed by atoms with Crippen LogP contribution in [0.15, 0.2) is 24.4 Å². The molecule has 0 atom stereocenters. The van der Waals surface area contributed by atoms with Gasteiger partial charge in [-0.15, -0.1) is 0 Å². The molecule has 1 N–H and O–H groups in total. The molecule has 1 aromatic heterocycles. The van der Waals surface area contributed by atoms with E-state index in [0.717, 1.165) is 5.39 Å². The van der Waals surface area contributed by atoms with Crippen LogP contribution >= 0.6 is 16.1 Å². The van der Waals surface area contributed by atoms with E-state index >= 15 is 0 Å². The number of carboxylic acid groups (broad SMARTS) is 1. The van der Waals surface area contributed by atoms with Crippen LogP contribution in [-0.2, 0) is 0 Å². The van der Waals surface area contributed by atoms with E-state index in [1.54, 1.807) is 18.3 Å². The van der Waals surface area contributed by atoms with Gasteiger partial charge in [0.25, 0.3) is 0 Å². The zero-order valence-electron chi connectivity index (χ0n) is 6.44. The second kappa shape index (κ2) is 2.85. The average Bonchev–Trinajstić information content (AvgIpc) is 2.48. The topological polar surface area (TPSA) is 55.1 Å². The summed E-state index contributed by atoms with van der Waals surface area (Å²) in [5.41, 5.74) is 0.821. The molecule has 0 spiro atoms. The van der Waals surface area contributed by atoms with Crippen LogP contribution in [-0.4, -0.2) is 19.9 Å². The molecule has 0 unspecified atom stereocenters. The Labute approximate surface area is 82.1 Å². The Balaban J connectivity index is 2.88. The lowest BCUT2D eigenvalue weighted by Gasteiger charge is -1.97. The molecule has 0 saturated carbocycles. The van der Waals surface area contributed by atoms with Gasteiger partial charge in [0.05, 0.1) is 33.4 Å². The van der Waals surface area contributed by atoms with Gasteiger partial charge in [0.1, 0.15) is 0 Å². The monoisotopic (exact) mass is 240 g/mol. The summed E-state index contributed by atoms with van der Waals surface area (Å²) in [5.74, 6) is -0.952. The molecule has 0 aliphatic rings. The summed E-state index contributed by atoms with van der Waals surface area (Å²) in [4.78, 5) is 10.8. The van der Waals surface area contributed by atoms with Crippen LogP contribution in [0, 0.1) is 0 Å². The third kappa shape index (κ3) is 1.21. The van der Waals surface area contributed by atoms with Crippen LogP contribution in [0.25, 0.3) is 10.9 Å². The minimum Gasteiger partial charge on any atom is -0.478 e. The van der Waals surface area contributed by atoms with Crippen molar-refractivity contribution in [3.8, 4) is 0 Å². The first-order chi connectivity index (χ1) is 6.20. The number of aromatic carboxylic acids is 1. The van der Waals surface area contributed by atoms with Crippen molar-refractivity contribution in [2.75, 3.05) is 0 Å². The first-order valence-corrected chi connectivity index (χ1v) is 4.27. The molecule has 2 rings (SSSR count). The number of hydrogen-bond donors (Lipinski definition) is 1. The number of nitrogens with zero attached hydrogens (tertiary/aromatic N) is 2.